The minimum absolute atomic E-state index is 0.0640. The molecule has 0 aromatic carbocycles. The third-order valence-corrected chi connectivity index (χ3v) is 7.93. The number of likely N-dealkylation sites (N-methyl/N-ethyl adjacent to an activating group) is 1. The lowest BCUT2D eigenvalue weighted by Crippen LogP contribution is -2.53. The van der Waals surface area contributed by atoms with Crippen molar-refractivity contribution in [3.05, 3.63) is 34.2 Å². The lowest BCUT2D eigenvalue weighted by Gasteiger charge is -2.47. The zero-order chi connectivity index (χ0) is 19.7. The van der Waals surface area contributed by atoms with Crippen LogP contribution in [0.15, 0.2) is 23.0 Å². The highest BCUT2D eigenvalue weighted by Gasteiger charge is 2.69. The first-order valence-electron chi connectivity index (χ1n) is 10.2. The van der Waals surface area contributed by atoms with Crippen LogP contribution in [0.4, 0.5) is 0 Å². The number of carbonyl (C=O) groups excluding carboxylic acids is 1. The summed E-state index contributed by atoms with van der Waals surface area (Å²) in [5, 5.41) is 0. The Morgan fingerprint density at radius 2 is 1.81 bits per heavy atom. The van der Waals surface area contributed by atoms with E-state index in [1.54, 1.807) is 6.07 Å². The Labute approximate surface area is 162 Å². The number of aromatic nitrogens is 1. The molecule has 0 N–H and O–H groups in total. The number of hydrogen-bond donors (Lipinski definition) is 0. The second-order valence-electron chi connectivity index (χ2n) is 10.3. The highest BCUT2D eigenvalue weighted by atomic mass is 16.2. The van der Waals surface area contributed by atoms with Crippen molar-refractivity contribution in [2.75, 3.05) is 33.7 Å². The van der Waals surface area contributed by atoms with Crippen LogP contribution in [0.3, 0.4) is 0 Å². The highest BCUT2D eigenvalue weighted by Crippen LogP contribution is 2.69. The first kappa shape index (κ1) is 18.7. The van der Waals surface area contributed by atoms with E-state index >= 15 is 0 Å². The second-order valence-corrected chi connectivity index (χ2v) is 10.3. The molecule has 1 aromatic heterocycles. The fourth-order valence-electron chi connectivity index (χ4n) is 5.83. The number of amides is 1. The van der Waals surface area contributed by atoms with E-state index < -0.39 is 0 Å². The van der Waals surface area contributed by atoms with E-state index in [2.05, 4.69) is 57.7 Å². The summed E-state index contributed by atoms with van der Waals surface area (Å²) >= 11 is 0. The van der Waals surface area contributed by atoms with Crippen LogP contribution in [0.2, 0.25) is 0 Å². The summed E-state index contributed by atoms with van der Waals surface area (Å²) in [5.74, 6) is 1.03. The number of carbonyl (C=O) groups is 1. The molecule has 0 spiro atoms. The molecule has 0 unspecified atom stereocenters. The van der Waals surface area contributed by atoms with Crippen LogP contribution in [-0.2, 0) is 4.79 Å². The molecule has 1 saturated heterocycles. The molecule has 4 rings (SSSR count). The van der Waals surface area contributed by atoms with Crippen molar-refractivity contribution in [2.24, 2.45) is 22.7 Å². The predicted molar refractivity (Wildman–Crippen MR) is 107 cm³/mol. The Morgan fingerprint density at radius 1 is 1.15 bits per heavy atom. The fraction of sp³-hybridized carbons (Fsp3) is 0.727. The van der Waals surface area contributed by atoms with Crippen LogP contribution < -0.4 is 5.56 Å². The molecule has 1 saturated carbocycles. The second kappa shape index (κ2) is 5.94. The summed E-state index contributed by atoms with van der Waals surface area (Å²) in [5.41, 5.74) is 1.33. The van der Waals surface area contributed by atoms with Gasteiger partial charge in [-0.1, -0.05) is 33.8 Å². The van der Waals surface area contributed by atoms with E-state index in [1.807, 2.05) is 10.6 Å². The molecule has 2 bridgehead atoms. The summed E-state index contributed by atoms with van der Waals surface area (Å²) < 4.78 is 2.02. The summed E-state index contributed by atoms with van der Waals surface area (Å²) in [7, 11) is 4.11. The van der Waals surface area contributed by atoms with Crippen LogP contribution in [0.25, 0.3) is 0 Å². The van der Waals surface area contributed by atoms with Gasteiger partial charge in [-0.05, 0) is 43.3 Å². The first-order chi connectivity index (χ1) is 12.6. The van der Waals surface area contributed by atoms with Crippen molar-refractivity contribution in [3.8, 4) is 0 Å². The highest BCUT2D eigenvalue weighted by molar-refractivity contribution is 5.84. The average Bonchev–Trinajstić information content (AvgIpc) is 2.99. The van der Waals surface area contributed by atoms with Gasteiger partial charge in [0.15, 0.2) is 0 Å². The molecule has 148 valence electrons. The van der Waals surface area contributed by atoms with E-state index in [-0.39, 0.29) is 34.3 Å². The van der Waals surface area contributed by atoms with Gasteiger partial charge in [-0.25, -0.2) is 0 Å². The zero-order valence-corrected chi connectivity index (χ0v) is 17.5. The molecular formula is C22H33N3O2. The quantitative estimate of drug-likeness (QED) is 0.820. The summed E-state index contributed by atoms with van der Waals surface area (Å²) in [4.78, 5) is 30.3. The van der Waals surface area contributed by atoms with E-state index in [9.17, 15) is 9.59 Å². The maximum atomic E-state index is 13.4. The van der Waals surface area contributed by atoms with Gasteiger partial charge in [-0.3, -0.25) is 9.59 Å². The monoisotopic (exact) mass is 371 g/mol. The molecular weight excluding hydrogens is 338 g/mol. The molecule has 3 aliphatic rings. The molecule has 1 aliphatic carbocycles. The zero-order valence-electron chi connectivity index (χ0n) is 17.5. The maximum Gasteiger partial charge on any atom is 0.251 e. The van der Waals surface area contributed by atoms with Gasteiger partial charge in [0.25, 0.3) is 5.56 Å². The number of rotatable bonds is 3. The van der Waals surface area contributed by atoms with Gasteiger partial charge in [0, 0.05) is 43.2 Å². The van der Waals surface area contributed by atoms with Crippen LogP contribution in [-0.4, -0.2) is 54.0 Å². The van der Waals surface area contributed by atoms with E-state index in [0.717, 1.165) is 31.7 Å². The fourth-order valence-corrected chi connectivity index (χ4v) is 5.83. The van der Waals surface area contributed by atoms with Gasteiger partial charge >= 0.3 is 0 Å². The SMILES string of the molecule is CN(C)C[C@H]1[C@H]2C[C@H](CN(C(=O)C3C(C)(C)C3(C)C)C2)c2cccc(=O)n21. The van der Waals surface area contributed by atoms with Crippen LogP contribution in [0.5, 0.6) is 0 Å². The third-order valence-electron chi connectivity index (χ3n) is 7.93. The lowest BCUT2D eigenvalue weighted by molar-refractivity contribution is -0.137. The molecule has 1 aromatic rings. The van der Waals surface area contributed by atoms with Crippen molar-refractivity contribution in [1.29, 1.82) is 0 Å². The maximum absolute atomic E-state index is 13.4. The smallest absolute Gasteiger partial charge is 0.251 e. The molecule has 5 nitrogen and oxygen atoms in total. The van der Waals surface area contributed by atoms with Crippen LogP contribution in [0, 0.1) is 22.7 Å². The Kier molecular flexibility index (Phi) is 4.12. The molecule has 2 aliphatic heterocycles. The van der Waals surface area contributed by atoms with Gasteiger partial charge in [0.1, 0.15) is 0 Å². The van der Waals surface area contributed by atoms with Crippen molar-refractivity contribution in [3.63, 3.8) is 0 Å². The van der Waals surface area contributed by atoms with E-state index in [1.165, 1.54) is 0 Å². The summed E-state index contributed by atoms with van der Waals surface area (Å²) in [6.45, 7) is 11.2. The Bertz CT molecular complexity index is 809. The Hall–Kier alpha value is -1.62. The molecule has 3 heterocycles. The molecule has 0 radical (unpaired) electrons. The van der Waals surface area contributed by atoms with E-state index in [0.29, 0.717) is 11.8 Å². The number of pyridine rings is 1. The number of likely N-dealkylation sites (tertiary alicyclic amines) is 1. The van der Waals surface area contributed by atoms with Crippen LogP contribution >= 0.6 is 0 Å². The number of fused-ring (bicyclic) bond motifs is 4. The van der Waals surface area contributed by atoms with Gasteiger partial charge in [-0.15, -0.1) is 0 Å². The minimum atomic E-state index is 0.0640. The molecule has 27 heavy (non-hydrogen) atoms. The predicted octanol–water partition coefficient (Wildman–Crippen LogP) is 2.58. The average molecular weight is 372 g/mol. The standard InChI is InChI=1S/C22H33N3O2/c1-21(2)19(22(21,3)4)20(27)24-11-14-10-15(12-24)17(13-23(5)6)25-16(14)8-7-9-18(25)26/h7-9,14-15,17,19H,10-13H2,1-6H3/t14-,15+,17+/m1/s1. The Morgan fingerprint density at radius 3 is 2.41 bits per heavy atom. The van der Waals surface area contributed by atoms with Crippen molar-refractivity contribution >= 4 is 5.91 Å². The van der Waals surface area contributed by atoms with Gasteiger partial charge in [0.05, 0.1) is 6.04 Å². The van der Waals surface area contributed by atoms with Gasteiger partial charge < -0.3 is 14.4 Å². The topological polar surface area (TPSA) is 45.6 Å². The van der Waals surface area contributed by atoms with Crippen molar-refractivity contribution < 1.29 is 4.79 Å². The molecule has 3 atom stereocenters. The van der Waals surface area contributed by atoms with Gasteiger partial charge in [-0.2, -0.15) is 0 Å². The number of nitrogens with zero attached hydrogens (tertiary/aromatic N) is 3. The molecule has 2 fully saturated rings. The number of hydrogen-bond acceptors (Lipinski definition) is 3. The van der Waals surface area contributed by atoms with Crippen molar-refractivity contribution in [2.45, 2.75) is 46.1 Å². The van der Waals surface area contributed by atoms with Crippen molar-refractivity contribution in [1.82, 2.24) is 14.4 Å². The minimum Gasteiger partial charge on any atom is -0.341 e. The van der Waals surface area contributed by atoms with E-state index in [4.69, 9.17) is 0 Å². The summed E-state index contributed by atoms with van der Waals surface area (Å²) in [6, 6.07) is 5.76. The Balaban J connectivity index is 1.67. The normalized spacial score (nSPS) is 30.9. The summed E-state index contributed by atoms with van der Waals surface area (Å²) in [6.07, 6.45) is 1.07. The molecule has 1 amide bonds. The first-order valence-corrected chi connectivity index (χ1v) is 10.2. The lowest BCUT2D eigenvalue weighted by atomic mass is 9.78. The van der Waals surface area contributed by atoms with Gasteiger partial charge in [0.2, 0.25) is 5.91 Å². The number of piperidine rings is 1. The third kappa shape index (κ3) is 2.69. The largest absolute Gasteiger partial charge is 0.341 e. The van der Waals surface area contributed by atoms with Crippen LogP contribution in [0.1, 0.15) is 51.8 Å². The molecule has 5 heteroatoms.